The molecule has 0 saturated heterocycles. The molecule has 0 aliphatic heterocycles. The molecule has 0 saturated carbocycles. The largest absolute Gasteiger partial charge is 0.224 e. The number of rotatable bonds is 5. The molecule has 90 valence electrons. The zero-order valence-electron chi connectivity index (χ0n) is 9.61. The number of benzene rings is 1. The molecule has 0 amide bonds. The van der Waals surface area contributed by atoms with Gasteiger partial charge in [-0.15, -0.1) is 11.6 Å². The first kappa shape index (κ1) is 13.5. The van der Waals surface area contributed by atoms with E-state index in [1.54, 1.807) is 12.1 Å². The predicted molar refractivity (Wildman–Crippen MR) is 67.8 cm³/mol. The van der Waals surface area contributed by atoms with Crippen molar-refractivity contribution < 1.29 is 8.42 Å². The molecule has 2 nitrogen and oxygen atoms in total. The summed E-state index contributed by atoms with van der Waals surface area (Å²) in [4.78, 5) is 0.359. The van der Waals surface area contributed by atoms with Crippen molar-refractivity contribution in [3.05, 3.63) is 29.8 Å². The molecule has 0 N–H and O–H groups in total. The van der Waals surface area contributed by atoms with Gasteiger partial charge in [-0.1, -0.05) is 25.5 Å². The summed E-state index contributed by atoms with van der Waals surface area (Å²) >= 11 is 6.13. The maximum atomic E-state index is 11.2. The third-order valence-electron chi connectivity index (χ3n) is 2.41. The molecule has 0 spiro atoms. The van der Waals surface area contributed by atoms with E-state index in [4.69, 9.17) is 11.6 Å². The average Bonchev–Trinajstić information content (AvgIpc) is 2.17. The fraction of sp³-hybridized carbons (Fsp3) is 0.500. The highest BCUT2D eigenvalue weighted by Crippen LogP contribution is 2.15. The SMILES string of the molecule is CCCC(Cl)Cc1ccc(S(C)(=O)=O)cc1. The molecule has 0 aromatic heterocycles. The van der Waals surface area contributed by atoms with Crippen molar-refractivity contribution >= 4 is 21.4 Å². The second-order valence-electron chi connectivity index (χ2n) is 4.01. The first-order chi connectivity index (χ1) is 7.43. The van der Waals surface area contributed by atoms with Gasteiger partial charge in [0.1, 0.15) is 0 Å². The van der Waals surface area contributed by atoms with Gasteiger partial charge in [0.15, 0.2) is 9.84 Å². The zero-order valence-corrected chi connectivity index (χ0v) is 11.2. The van der Waals surface area contributed by atoms with E-state index >= 15 is 0 Å². The van der Waals surface area contributed by atoms with Gasteiger partial charge in [-0.25, -0.2) is 8.42 Å². The summed E-state index contributed by atoms with van der Waals surface area (Å²) in [6.07, 6.45) is 4.05. The third kappa shape index (κ3) is 4.14. The van der Waals surface area contributed by atoms with Gasteiger partial charge in [0.25, 0.3) is 0 Å². The van der Waals surface area contributed by atoms with Crippen molar-refractivity contribution in [3.63, 3.8) is 0 Å². The van der Waals surface area contributed by atoms with E-state index < -0.39 is 9.84 Å². The van der Waals surface area contributed by atoms with Crippen LogP contribution < -0.4 is 0 Å². The smallest absolute Gasteiger partial charge is 0.175 e. The minimum Gasteiger partial charge on any atom is -0.224 e. The van der Waals surface area contributed by atoms with E-state index in [0.717, 1.165) is 24.8 Å². The van der Waals surface area contributed by atoms with Crippen LogP contribution in [0.5, 0.6) is 0 Å². The van der Waals surface area contributed by atoms with Crippen LogP contribution in [0.4, 0.5) is 0 Å². The van der Waals surface area contributed by atoms with Crippen molar-refractivity contribution in [2.45, 2.75) is 36.5 Å². The second kappa shape index (κ2) is 5.69. The summed E-state index contributed by atoms with van der Waals surface area (Å²) in [5.41, 5.74) is 1.08. The lowest BCUT2D eigenvalue weighted by atomic mass is 10.1. The van der Waals surface area contributed by atoms with Gasteiger partial charge in [-0.05, 0) is 30.5 Å². The van der Waals surface area contributed by atoms with Gasteiger partial charge >= 0.3 is 0 Å². The Bertz CT molecular complexity index is 423. The highest BCUT2D eigenvalue weighted by molar-refractivity contribution is 7.90. The number of hydrogen-bond acceptors (Lipinski definition) is 2. The number of sulfone groups is 1. The van der Waals surface area contributed by atoms with Crippen LogP contribution in [0.25, 0.3) is 0 Å². The van der Waals surface area contributed by atoms with E-state index in [-0.39, 0.29) is 5.38 Å². The Morgan fingerprint density at radius 2 is 1.81 bits per heavy atom. The molecule has 1 aromatic carbocycles. The van der Waals surface area contributed by atoms with Gasteiger partial charge < -0.3 is 0 Å². The number of halogens is 1. The summed E-state index contributed by atoms with van der Waals surface area (Å²) < 4.78 is 22.5. The van der Waals surface area contributed by atoms with Gasteiger partial charge in [0.2, 0.25) is 0 Å². The van der Waals surface area contributed by atoms with Crippen molar-refractivity contribution in [2.24, 2.45) is 0 Å². The number of alkyl halides is 1. The highest BCUT2D eigenvalue weighted by atomic mass is 35.5. The molecular formula is C12H17ClO2S. The Morgan fingerprint density at radius 1 is 1.25 bits per heavy atom. The maximum Gasteiger partial charge on any atom is 0.175 e. The van der Waals surface area contributed by atoms with Crippen LogP contribution in [-0.2, 0) is 16.3 Å². The lowest BCUT2D eigenvalue weighted by Gasteiger charge is -2.08. The normalized spacial score (nSPS) is 13.7. The van der Waals surface area contributed by atoms with Crippen LogP contribution in [0.1, 0.15) is 25.3 Å². The quantitative estimate of drug-likeness (QED) is 0.763. The van der Waals surface area contributed by atoms with Crippen molar-refractivity contribution in [2.75, 3.05) is 6.26 Å². The summed E-state index contributed by atoms with van der Waals surface area (Å²) in [7, 11) is -3.09. The average molecular weight is 261 g/mol. The maximum absolute atomic E-state index is 11.2. The van der Waals surface area contributed by atoms with E-state index in [1.807, 2.05) is 12.1 Å². The zero-order chi connectivity index (χ0) is 12.2. The molecule has 1 unspecified atom stereocenters. The van der Waals surface area contributed by atoms with E-state index in [0.29, 0.717) is 4.90 Å². The van der Waals surface area contributed by atoms with Gasteiger partial charge in [-0.2, -0.15) is 0 Å². The lowest BCUT2D eigenvalue weighted by Crippen LogP contribution is -2.03. The van der Waals surface area contributed by atoms with Gasteiger partial charge in [0, 0.05) is 11.6 Å². The fourth-order valence-electron chi connectivity index (χ4n) is 1.54. The van der Waals surface area contributed by atoms with E-state index in [2.05, 4.69) is 6.92 Å². The predicted octanol–water partition coefficient (Wildman–Crippen LogP) is 3.04. The topological polar surface area (TPSA) is 34.1 Å². The highest BCUT2D eigenvalue weighted by Gasteiger charge is 2.08. The molecule has 0 radical (unpaired) electrons. The Kier molecular flexibility index (Phi) is 4.81. The Labute approximate surface area is 103 Å². The summed E-state index contributed by atoms with van der Waals surface area (Å²) in [6, 6.07) is 6.95. The molecule has 4 heteroatoms. The van der Waals surface area contributed by atoms with Crippen LogP contribution in [0.3, 0.4) is 0 Å². The Morgan fingerprint density at radius 3 is 2.25 bits per heavy atom. The summed E-state index contributed by atoms with van der Waals surface area (Å²) in [6.45, 7) is 2.10. The van der Waals surface area contributed by atoms with Crippen LogP contribution in [-0.4, -0.2) is 20.1 Å². The van der Waals surface area contributed by atoms with E-state index in [9.17, 15) is 8.42 Å². The van der Waals surface area contributed by atoms with Crippen molar-refractivity contribution in [1.29, 1.82) is 0 Å². The molecule has 0 aliphatic carbocycles. The van der Waals surface area contributed by atoms with Crippen LogP contribution in [0.15, 0.2) is 29.2 Å². The third-order valence-corrected chi connectivity index (χ3v) is 3.91. The van der Waals surface area contributed by atoms with Gasteiger partial charge in [0.05, 0.1) is 4.90 Å². The minimum absolute atomic E-state index is 0.133. The Hall–Kier alpha value is -0.540. The monoisotopic (exact) mass is 260 g/mol. The fourth-order valence-corrected chi connectivity index (χ4v) is 2.57. The van der Waals surface area contributed by atoms with Crippen molar-refractivity contribution in [1.82, 2.24) is 0 Å². The molecule has 1 atom stereocenters. The van der Waals surface area contributed by atoms with Gasteiger partial charge in [-0.3, -0.25) is 0 Å². The molecular weight excluding hydrogens is 244 g/mol. The van der Waals surface area contributed by atoms with Crippen LogP contribution >= 0.6 is 11.6 Å². The van der Waals surface area contributed by atoms with E-state index in [1.165, 1.54) is 6.26 Å². The molecule has 0 aliphatic rings. The summed E-state index contributed by atoms with van der Waals surface area (Å²) in [5.74, 6) is 0. The lowest BCUT2D eigenvalue weighted by molar-refractivity contribution is 0.602. The molecule has 1 rings (SSSR count). The summed E-state index contributed by atoms with van der Waals surface area (Å²) in [5, 5.41) is 0.133. The first-order valence-corrected chi connectivity index (χ1v) is 7.69. The molecule has 0 bridgehead atoms. The molecule has 0 heterocycles. The van der Waals surface area contributed by atoms with Crippen LogP contribution in [0, 0.1) is 0 Å². The first-order valence-electron chi connectivity index (χ1n) is 5.36. The Balaban J connectivity index is 2.72. The molecule has 0 fully saturated rings. The van der Waals surface area contributed by atoms with Crippen molar-refractivity contribution in [3.8, 4) is 0 Å². The number of hydrogen-bond donors (Lipinski definition) is 0. The van der Waals surface area contributed by atoms with Crippen LogP contribution in [0.2, 0.25) is 0 Å². The molecule has 1 aromatic rings. The molecule has 16 heavy (non-hydrogen) atoms. The second-order valence-corrected chi connectivity index (χ2v) is 6.64. The standard InChI is InChI=1S/C12H17ClO2S/c1-3-4-11(13)9-10-5-7-12(8-6-10)16(2,14)15/h5-8,11H,3-4,9H2,1-2H3. The minimum atomic E-state index is -3.09.